The van der Waals surface area contributed by atoms with E-state index >= 15 is 0 Å². The highest BCUT2D eigenvalue weighted by Gasteiger charge is 2.13. The molecule has 17 heavy (non-hydrogen) atoms. The van der Waals surface area contributed by atoms with Crippen LogP contribution in [0.4, 0.5) is 9.59 Å². The zero-order valence-electron chi connectivity index (χ0n) is 10.6. The Kier molecular flexibility index (Phi) is 7.87. The van der Waals surface area contributed by atoms with Crippen LogP contribution in [0.5, 0.6) is 0 Å². The second-order valence-corrected chi connectivity index (χ2v) is 3.15. The van der Waals surface area contributed by atoms with E-state index in [0.717, 1.165) is 0 Å². The predicted octanol–water partition coefficient (Wildman–Crippen LogP) is 1.19. The summed E-state index contributed by atoms with van der Waals surface area (Å²) in [5.41, 5.74) is 0. The number of carbonyl (C=O) groups is 2. The molecule has 0 radical (unpaired) electrons. The van der Waals surface area contributed by atoms with Crippen molar-refractivity contribution in [1.82, 2.24) is 10.6 Å². The van der Waals surface area contributed by atoms with E-state index in [2.05, 4.69) is 20.1 Å². The Bertz CT molecular complexity index is 223. The number of hydrogen-bond acceptors (Lipinski definition) is 5. The van der Waals surface area contributed by atoms with Crippen molar-refractivity contribution >= 4 is 12.2 Å². The molecule has 2 amide bonds. The average Bonchev–Trinajstić information content (AvgIpc) is 2.16. The normalized spacial score (nSPS) is 13.4. The Morgan fingerprint density at radius 1 is 0.941 bits per heavy atom. The third-order valence-corrected chi connectivity index (χ3v) is 1.60. The Labute approximate surface area is 101 Å². The van der Waals surface area contributed by atoms with Gasteiger partial charge in [-0.25, -0.2) is 9.59 Å². The summed E-state index contributed by atoms with van der Waals surface area (Å²) in [6, 6.07) is 0. The molecule has 0 saturated heterocycles. The van der Waals surface area contributed by atoms with E-state index in [9.17, 15) is 9.59 Å². The maximum atomic E-state index is 11.0. The van der Waals surface area contributed by atoms with Crippen molar-refractivity contribution in [1.29, 1.82) is 0 Å². The quantitative estimate of drug-likeness (QED) is 0.689. The van der Waals surface area contributed by atoms with Crippen molar-refractivity contribution in [2.45, 2.75) is 40.2 Å². The van der Waals surface area contributed by atoms with Crippen LogP contribution in [0.15, 0.2) is 0 Å². The van der Waals surface area contributed by atoms with Gasteiger partial charge in [-0.15, -0.1) is 0 Å². The topological polar surface area (TPSA) is 85.9 Å². The molecule has 7 heteroatoms. The van der Waals surface area contributed by atoms with Gasteiger partial charge in [-0.2, -0.15) is 0 Å². The van der Waals surface area contributed by atoms with Crippen molar-refractivity contribution < 1.29 is 23.8 Å². The van der Waals surface area contributed by atoms with Crippen LogP contribution in [-0.2, 0) is 14.2 Å². The Morgan fingerprint density at radius 3 is 1.59 bits per heavy atom. The third kappa shape index (κ3) is 8.32. The highest BCUT2D eigenvalue weighted by Crippen LogP contribution is 1.94. The molecule has 0 aromatic carbocycles. The van der Waals surface area contributed by atoms with Crippen LogP contribution in [-0.4, -0.2) is 37.9 Å². The standard InChI is InChI=1S/C10H20N2O5/c1-5-15-9(13)11-7(3)17-8(4)12-10(14)16-6-2/h7-8H,5-6H2,1-4H3,(H,11,13)(H,12,14). The number of ether oxygens (including phenoxy) is 3. The minimum atomic E-state index is -0.578. The van der Waals surface area contributed by atoms with Crippen LogP contribution in [0.25, 0.3) is 0 Å². The van der Waals surface area contributed by atoms with Crippen LogP contribution in [0.1, 0.15) is 27.7 Å². The molecular formula is C10H20N2O5. The smallest absolute Gasteiger partial charge is 0.409 e. The van der Waals surface area contributed by atoms with Crippen LogP contribution in [0.3, 0.4) is 0 Å². The first-order chi connectivity index (χ1) is 7.99. The molecule has 2 atom stereocenters. The molecule has 0 aliphatic carbocycles. The first-order valence-electron chi connectivity index (χ1n) is 5.51. The van der Waals surface area contributed by atoms with Crippen LogP contribution in [0.2, 0.25) is 0 Å². The highest BCUT2D eigenvalue weighted by atomic mass is 16.6. The van der Waals surface area contributed by atoms with Gasteiger partial charge < -0.3 is 14.2 Å². The summed E-state index contributed by atoms with van der Waals surface area (Å²) >= 11 is 0. The minimum Gasteiger partial charge on any atom is -0.450 e. The molecule has 2 N–H and O–H groups in total. The van der Waals surface area contributed by atoms with E-state index in [0.29, 0.717) is 0 Å². The zero-order valence-corrected chi connectivity index (χ0v) is 10.6. The Hall–Kier alpha value is -1.50. The van der Waals surface area contributed by atoms with Crippen molar-refractivity contribution in [3.05, 3.63) is 0 Å². The lowest BCUT2D eigenvalue weighted by Gasteiger charge is -2.20. The molecule has 0 aromatic rings. The molecule has 100 valence electrons. The van der Waals surface area contributed by atoms with E-state index in [4.69, 9.17) is 4.74 Å². The summed E-state index contributed by atoms with van der Waals surface area (Å²) in [5.74, 6) is 0. The predicted molar refractivity (Wildman–Crippen MR) is 60.3 cm³/mol. The fourth-order valence-electron chi connectivity index (χ4n) is 1.05. The number of amides is 2. The summed E-state index contributed by atoms with van der Waals surface area (Å²) in [5, 5.41) is 4.88. The fourth-order valence-corrected chi connectivity index (χ4v) is 1.05. The van der Waals surface area contributed by atoms with Gasteiger partial charge in [0, 0.05) is 0 Å². The number of rotatable bonds is 6. The monoisotopic (exact) mass is 248 g/mol. The maximum Gasteiger partial charge on any atom is 0.409 e. The van der Waals surface area contributed by atoms with Gasteiger partial charge >= 0.3 is 12.2 Å². The summed E-state index contributed by atoms with van der Waals surface area (Å²) in [4.78, 5) is 22.1. The summed E-state index contributed by atoms with van der Waals surface area (Å²) in [6.07, 6.45) is -2.29. The molecule has 0 aliphatic rings. The van der Waals surface area contributed by atoms with Gasteiger partial charge in [0.2, 0.25) is 0 Å². The van der Waals surface area contributed by atoms with Crippen molar-refractivity contribution in [3.8, 4) is 0 Å². The number of hydrogen-bond donors (Lipinski definition) is 2. The first-order valence-corrected chi connectivity index (χ1v) is 5.51. The average molecular weight is 248 g/mol. The lowest BCUT2D eigenvalue weighted by atomic mass is 10.6. The van der Waals surface area contributed by atoms with E-state index in [1.807, 2.05) is 0 Å². The SMILES string of the molecule is CCOC(=O)NC(C)OC(C)NC(=O)OCC. The molecule has 0 aromatic heterocycles. The highest BCUT2D eigenvalue weighted by molar-refractivity contribution is 5.67. The van der Waals surface area contributed by atoms with E-state index in [-0.39, 0.29) is 13.2 Å². The molecule has 2 unspecified atom stereocenters. The van der Waals surface area contributed by atoms with E-state index in [1.165, 1.54) is 0 Å². The molecule has 0 rings (SSSR count). The molecule has 0 aliphatic heterocycles. The van der Waals surface area contributed by atoms with Gasteiger partial charge in [0.25, 0.3) is 0 Å². The number of carbonyl (C=O) groups excluding carboxylic acids is 2. The molecule has 0 saturated carbocycles. The molecule has 0 heterocycles. The van der Waals surface area contributed by atoms with E-state index < -0.39 is 24.6 Å². The minimum absolute atomic E-state index is 0.287. The van der Waals surface area contributed by atoms with Gasteiger partial charge in [0.15, 0.2) is 0 Å². The second kappa shape index (κ2) is 8.63. The summed E-state index contributed by atoms with van der Waals surface area (Å²) < 4.78 is 14.6. The zero-order chi connectivity index (χ0) is 13.3. The second-order valence-electron chi connectivity index (χ2n) is 3.15. The van der Waals surface area contributed by atoms with Crippen LogP contribution >= 0.6 is 0 Å². The van der Waals surface area contributed by atoms with Crippen molar-refractivity contribution in [2.24, 2.45) is 0 Å². The molecular weight excluding hydrogens is 228 g/mol. The van der Waals surface area contributed by atoms with Gasteiger partial charge in [-0.3, -0.25) is 10.6 Å². The van der Waals surface area contributed by atoms with Gasteiger partial charge in [0.1, 0.15) is 12.5 Å². The van der Waals surface area contributed by atoms with E-state index in [1.54, 1.807) is 27.7 Å². The largest absolute Gasteiger partial charge is 0.450 e. The molecule has 0 spiro atoms. The number of nitrogens with one attached hydrogen (secondary N) is 2. The third-order valence-electron chi connectivity index (χ3n) is 1.60. The maximum absolute atomic E-state index is 11.0. The molecule has 0 fully saturated rings. The molecule has 0 bridgehead atoms. The first kappa shape index (κ1) is 15.5. The van der Waals surface area contributed by atoms with Crippen LogP contribution in [0, 0.1) is 0 Å². The van der Waals surface area contributed by atoms with Gasteiger partial charge in [-0.05, 0) is 27.7 Å². The van der Waals surface area contributed by atoms with Gasteiger partial charge in [0.05, 0.1) is 13.2 Å². The van der Waals surface area contributed by atoms with Gasteiger partial charge in [-0.1, -0.05) is 0 Å². The van der Waals surface area contributed by atoms with Crippen molar-refractivity contribution in [2.75, 3.05) is 13.2 Å². The Morgan fingerprint density at radius 2 is 1.29 bits per heavy atom. The molecule has 7 nitrogen and oxygen atoms in total. The summed E-state index contributed by atoms with van der Waals surface area (Å²) in [6.45, 7) is 7.23. The summed E-state index contributed by atoms with van der Waals surface area (Å²) in [7, 11) is 0. The lowest BCUT2D eigenvalue weighted by molar-refractivity contribution is -0.0244. The Balaban J connectivity index is 3.82. The van der Waals surface area contributed by atoms with Crippen LogP contribution < -0.4 is 10.6 Å². The number of alkyl carbamates (subject to hydrolysis) is 2. The fraction of sp³-hybridized carbons (Fsp3) is 0.800. The van der Waals surface area contributed by atoms with Crippen molar-refractivity contribution in [3.63, 3.8) is 0 Å². The lowest BCUT2D eigenvalue weighted by Crippen LogP contribution is -2.43.